The van der Waals surface area contributed by atoms with Crippen molar-refractivity contribution in [3.05, 3.63) is 57.9 Å². The van der Waals surface area contributed by atoms with E-state index in [1.807, 2.05) is 39.0 Å². The minimum absolute atomic E-state index is 0.356. The third kappa shape index (κ3) is 5.94. The second-order valence-corrected chi connectivity index (χ2v) is 6.33. The number of rotatable bonds is 6. The van der Waals surface area contributed by atoms with E-state index in [0.29, 0.717) is 17.4 Å². The lowest BCUT2D eigenvalue weighted by Crippen LogP contribution is -2.38. The largest absolute Gasteiger partial charge is 0.507 e. The smallest absolute Gasteiger partial charge is 0.191 e. The van der Waals surface area contributed by atoms with Gasteiger partial charge in [-0.2, -0.15) is 0 Å². The van der Waals surface area contributed by atoms with Gasteiger partial charge in [0.2, 0.25) is 0 Å². The maximum atomic E-state index is 9.86. The van der Waals surface area contributed by atoms with E-state index in [4.69, 9.17) is 11.6 Å². The molecule has 1 aromatic heterocycles. The monoisotopic (exact) mass is 360 g/mol. The number of nitrogens with zero attached hydrogens (tertiary/aromatic N) is 2. The number of hydrogen-bond acceptors (Lipinski definition) is 3. The van der Waals surface area contributed by atoms with E-state index in [1.54, 1.807) is 12.3 Å². The summed E-state index contributed by atoms with van der Waals surface area (Å²) < 4.78 is 0. The number of aliphatic imine (C=N–C) groups is 1. The van der Waals surface area contributed by atoms with Gasteiger partial charge in [-0.1, -0.05) is 29.8 Å². The lowest BCUT2D eigenvalue weighted by molar-refractivity contribution is 0.466. The molecule has 2 aromatic rings. The van der Waals surface area contributed by atoms with Crippen molar-refractivity contribution < 1.29 is 5.11 Å². The number of phenols is 1. The number of phenolic OH excluding ortho intramolecular Hbond substituents is 1. The summed E-state index contributed by atoms with van der Waals surface area (Å²) in [6.45, 7) is 7.94. The van der Waals surface area contributed by atoms with Gasteiger partial charge in [-0.05, 0) is 55.5 Å². The SMILES string of the molecule is CCNC(=NCc1cc(C)c(O)c(C)c1)NCCc1ccc(Cl)nc1. The first-order chi connectivity index (χ1) is 12.0. The van der Waals surface area contributed by atoms with E-state index in [2.05, 4.69) is 20.6 Å². The molecule has 3 N–H and O–H groups in total. The van der Waals surface area contributed by atoms with Crippen LogP contribution in [-0.4, -0.2) is 29.1 Å². The molecule has 0 saturated carbocycles. The number of pyridine rings is 1. The maximum absolute atomic E-state index is 9.86. The third-order valence-corrected chi connectivity index (χ3v) is 4.03. The van der Waals surface area contributed by atoms with Gasteiger partial charge in [-0.15, -0.1) is 0 Å². The normalized spacial score (nSPS) is 11.4. The molecule has 25 heavy (non-hydrogen) atoms. The fourth-order valence-corrected chi connectivity index (χ4v) is 2.64. The average molecular weight is 361 g/mol. The van der Waals surface area contributed by atoms with E-state index in [-0.39, 0.29) is 0 Å². The molecule has 0 saturated heterocycles. The van der Waals surface area contributed by atoms with Crippen LogP contribution in [0.15, 0.2) is 35.5 Å². The summed E-state index contributed by atoms with van der Waals surface area (Å²) in [5, 5.41) is 16.9. The van der Waals surface area contributed by atoms with Crippen molar-refractivity contribution in [2.75, 3.05) is 13.1 Å². The van der Waals surface area contributed by atoms with Crippen molar-refractivity contribution >= 4 is 17.6 Å². The Hall–Kier alpha value is -2.27. The van der Waals surface area contributed by atoms with Crippen LogP contribution in [0.2, 0.25) is 5.15 Å². The summed E-state index contributed by atoms with van der Waals surface area (Å²) in [6.07, 6.45) is 2.63. The van der Waals surface area contributed by atoms with Crippen LogP contribution in [0.1, 0.15) is 29.2 Å². The topological polar surface area (TPSA) is 69.5 Å². The first-order valence-electron chi connectivity index (χ1n) is 8.41. The highest BCUT2D eigenvalue weighted by Gasteiger charge is 2.04. The molecule has 0 atom stereocenters. The summed E-state index contributed by atoms with van der Waals surface area (Å²) in [5.41, 5.74) is 3.95. The van der Waals surface area contributed by atoms with Crippen LogP contribution < -0.4 is 10.6 Å². The number of halogens is 1. The van der Waals surface area contributed by atoms with Gasteiger partial charge in [0.05, 0.1) is 6.54 Å². The van der Waals surface area contributed by atoms with Crippen LogP contribution in [0.5, 0.6) is 5.75 Å². The van der Waals surface area contributed by atoms with E-state index in [9.17, 15) is 5.11 Å². The van der Waals surface area contributed by atoms with Crippen molar-refractivity contribution in [2.45, 2.75) is 33.7 Å². The number of hydrogen-bond donors (Lipinski definition) is 3. The zero-order valence-electron chi connectivity index (χ0n) is 14.9. The van der Waals surface area contributed by atoms with Crippen LogP contribution in [-0.2, 0) is 13.0 Å². The predicted octanol–water partition coefficient (Wildman–Crippen LogP) is 3.36. The molecule has 0 aliphatic carbocycles. The molecule has 0 radical (unpaired) electrons. The molecule has 1 heterocycles. The Morgan fingerprint density at radius 3 is 2.48 bits per heavy atom. The summed E-state index contributed by atoms with van der Waals surface area (Å²) in [5.74, 6) is 1.13. The molecule has 0 bridgehead atoms. The van der Waals surface area contributed by atoms with Crippen LogP contribution in [0, 0.1) is 13.8 Å². The van der Waals surface area contributed by atoms with Crippen LogP contribution in [0.25, 0.3) is 0 Å². The third-order valence-electron chi connectivity index (χ3n) is 3.81. The zero-order valence-corrected chi connectivity index (χ0v) is 15.7. The molecule has 0 spiro atoms. The van der Waals surface area contributed by atoms with Crippen molar-refractivity contribution in [1.82, 2.24) is 15.6 Å². The van der Waals surface area contributed by atoms with Gasteiger partial charge in [-0.3, -0.25) is 0 Å². The predicted molar refractivity (Wildman–Crippen MR) is 103 cm³/mol. The van der Waals surface area contributed by atoms with Crippen molar-refractivity contribution in [3.63, 3.8) is 0 Å². The molecule has 5 nitrogen and oxygen atoms in total. The molecule has 2 rings (SSSR count). The van der Waals surface area contributed by atoms with Gasteiger partial charge in [0.15, 0.2) is 5.96 Å². The molecule has 134 valence electrons. The second kappa shape index (κ2) is 9.28. The van der Waals surface area contributed by atoms with Crippen molar-refractivity contribution in [1.29, 1.82) is 0 Å². The number of aryl methyl sites for hydroxylation is 2. The Kier molecular flexibility index (Phi) is 7.07. The highest BCUT2D eigenvalue weighted by Crippen LogP contribution is 2.23. The molecule has 0 unspecified atom stereocenters. The minimum Gasteiger partial charge on any atom is -0.507 e. The standard InChI is InChI=1S/C19H25ClN4O/c1-4-21-19(22-8-7-15-5-6-17(20)23-11-15)24-12-16-9-13(2)18(25)14(3)10-16/h5-6,9-11,25H,4,7-8,12H2,1-3H3,(H2,21,22,24). The van der Waals surface area contributed by atoms with Crippen molar-refractivity contribution in [3.8, 4) is 5.75 Å². The molecule has 0 aliphatic heterocycles. The summed E-state index contributed by atoms with van der Waals surface area (Å²) >= 11 is 5.80. The molecular weight excluding hydrogens is 336 g/mol. The fraction of sp³-hybridized carbons (Fsp3) is 0.368. The highest BCUT2D eigenvalue weighted by molar-refractivity contribution is 6.29. The minimum atomic E-state index is 0.356. The zero-order chi connectivity index (χ0) is 18.2. The van der Waals surface area contributed by atoms with Gasteiger partial charge < -0.3 is 15.7 Å². The van der Waals surface area contributed by atoms with Crippen LogP contribution >= 0.6 is 11.6 Å². The summed E-state index contributed by atoms with van der Waals surface area (Å²) in [6, 6.07) is 7.71. The van der Waals surface area contributed by atoms with Gasteiger partial charge >= 0.3 is 0 Å². The Balaban J connectivity index is 1.94. The van der Waals surface area contributed by atoms with E-state index in [0.717, 1.165) is 47.7 Å². The van der Waals surface area contributed by atoms with Gasteiger partial charge in [0.1, 0.15) is 10.9 Å². The van der Waals surface area contributed by atoms with Gasteiger partial charge in [0.25, 0.3) is 0 Å². The lowest BCUT2D eigenvalue weighted by Gasteiger charge is -2.12. The Morgan fingerprint density at radius 2 is 1.88 bits per heavy atom. The molecule has 0 amide bonds. The number of guanidine groups is 1. The number of benzene rings is 1. The quantitative estimate of drug-likeness (QED) is 0.420. The van der Waals surface area contributed by atoms with Gasteiger partial charge in [-0.25, -0.2) is 9.98 Å². The molecule has 0 aliphatic rings. The lowest BCUT2D eigenvalue weighted by atomic mass is 10.1. The Labute approximate surface area is 154 Å². The number of aromatic hydroxyl groups is 1. The highest BCUT2D eigenvalue weighted by atomic mass is 35.5. The fourth-order valence-electron chi connectivity index (χ4n) is 2.53. The first kappa shape index (κ1) is 19.1. The average Bonchev–Trinajstić information content (AvgIpc) is 2.59. The summed E-state index contributed by atoms with van der Waals surface area (Å²) in [4.78, 5) is 8.70. The second-order valence-electron chi connectivity index (χ2n) is 5.94. The molecule has 6 heteroatoms. The molecule has 1 aromatic carbocycles. The van der Waals surface area contributed by atoms with Crippen LogP contribution in [0.4, 0.5) is 0 Å². The number of aromatic nitrogens is 1. The van der Waals surface area contributed by atoms with E-state index >= 15 is 0 Å². The van der Waals surface area contributed by atoms with Gasteiger partial charge in [0, 0.05) is 19.3 Å². The van der Waals surface area contributed by atoms with E-state index in [1.165, 1.54) is 0 Å². The van der Waals surface area contributed by atoms with E-state index < -0.39 is 0 Å². The molecular formula is C19H25ClN4O. The summed E-state index contributed by atoms with van der Waals surface area (Å²) in [7, 11) is 0. The Bertz CT molecular complexity index is 706. The van der Waals surface area contributed by atoms with Crippen molar-refractivity contribution in [2.24, 2.45) is 4.99 Å². The molecule has 0 fully saturated rings. The maximum Gasteiger partial charge on any atom is 0.191 e. The first-order valence-corrected chi connectivity index (χ1v) is 8.79. The Morgan fingerprint density at radius 1 is 1.16 bits per heavy atom. The van der Waals surface area contributed by atoms with Crippen LogP contribution in [0.3, 0.4) is 0 Å². The number of nitrogens with one attached hydrogen (secondary N) is 2.